The van der Waals surface area contributed by atoms with Crippen LogP contribution < -0.4 is 5.32 Å². The summed E-state index contributed by atoms with van der Waals surface area (Å²) < 4.78 is 32.1. The number of rotatable bonds is 7. The molecule has 0 aliphatic carbocycles. The molecule has 0 aromatic heterocycles. The molecule has 1 aliphatic heterocycles. The molecule has 1 saturated heterocycles. The minimum Gasteiger partial charge on any atom is -0.379 e. The third-order valence-electron chi connectivity index (χ3n) is 5.00. The van der Waals surface area contributed by atoms with E-state index in [1.54, 1.807) is 12.1 Å². The summed E-state index contributed by atoms with van der Waals surface area (Å²) in [6, 6.07) is 14.2. The normalized spacial score (nSPS) is 16.4. The highest BCUT2D eigenvalue weighted by Gasteiger charge is 2.24. The fourth-order valence-electron chi connectivity index (χ4n) is 3.24. The van der Waals surface area contributed by atoms with Crippen LogP contribution in [0, 0.1) is 0 Å². The Labute approximate surface area is 186 Å². The molecule has 1 fully saturated rings. The lowest BCUT2D eigenvalue weighted by atomic mass is 10.1. The van der Waals surface area contributed by atoms with Crippen LogP contribution in [-0.4, -0.2) is 70.5 Å². The summed E-state index contributed by atoms with van der Waals surface area (Å²) >= 11 is 3.28. The summed E-state index contributed by atoms with van der Waals surface area (Å²) in [6.07, 6.45) is 0. The van der Waals surface area contributed by atoms with Gasteiger partial charge in [-0.1, -0.05) is 30.3 Å². The van der Waals surface area contributed by atoms with Crippen LogP contribution in [0.3, 0.4) is 0 Å². The second-order valence-electron chi connectivity index (χ2n) is 7.28. The highest BCUT2D eigenvalue weighted by atomic mass is 79.9. The number of ether oxygens (including phenoxy) is 1. The Balaban J connectivity index is 1.85. The Kier molecular flexibility index (Phi) is 7.65. The molecule has 1 aliphatic rings. The quantitative estimate of drug-likeness (QED) is 0.638. The number of carbonyl (C=O) groups excluding carboxylic acids is 1. The first-order valence-corrected chi connectivity index (χ1v) is 11.9. The highest BCUT2D eigenvalue weighted by Crippen LogP contribution is 2.26. The van der Waals surface area contributed by atoms with Crippen molar-refractivity contribution in [3.63, 3.8) is 0 Å². The van der Waals surface area contributed by atoms with Crippen molar-refractivity contribution in [1.82, 2.24) is 14.5 Å². The molecule has 2 aromatic rings. The van der Waals surface area contributed by atoms with Crippen LogP contribution in [0.15, 0.2) is 57.9 Å². The maximum atomic E-state index is 13.1. The SMILES string of the molecule is CN(C)S(=O)(=O)c1cc(C(=O)NC(CN2CCOCC2)c2ccccc2)ccc1Br. The van der Waals surface area contributed by atoms with E-state index in [0.29, 0.717) is 29.8 Å². The molecular formula is C21H26BrN3O4S. The number of hydrogen-bond donors (Lipinski definition) is 1. The molecule has 162 valence electrons. The van der Waals surface area contributed by atoms with Gasteiger partial charge in [-0.05, 0) is 39.7 Å². The van der Waals surface area contributed by atoms with Crippen LogP contribution in [0.2, 0.25) is 0 Å². The van der Waals surface area contributed by atoms with Crippen LogP contribution in [0.5, 0.6) is 0 Å². The first kappa shape index (κ1) is 22.9. The molecule has 0 bridgehead atoms. The molecule has 1 heterocycles. The van der Waals surface area contributed by atoms with Crippen LogP contribution in [0.1, 0.15) is 22.0 Å². The predicted octanol–water partition coefficient (Wildman–Crippen LogP) is 2.50. The summed E-state index contributed by atoms with van der Waals surface area (Å²) in [4.78, 5) is 15.4. The van der Waals surface area contributed by atoms with Gasteiger partial charge in [0.15, 0.2) is 0 Å². The Morgan fingerprint density at radius 3 is 2.47 bits per heavy atom. The van der Waals surface area contributed by atoms with E-state index in [2.05, 4.69) is 26.1 Å². The van der Waals surface area contributed by atoms with Gasteiger partial charge < -0.3 is 10.1 Å². The van der Waals surface area contributed by atoms with E-state index in [4.69, 9.17) is 4.74 Å². The Morgan fingerprint density at radius 1 is 1.17 bits per heavy atom. The van der Waals surface area contributed by atoms with Crippen molar-refractivity contribution in [2.75, 3.05) is 46.9 Å². The third-order valence-corrected chi connectivity index (χ3v) is 7.81. The van der Waals surface area contributed by atoms with Gasteiger partial charge in [0, 0.05) is 43.8 Å². The zero-order valence-corrected chi connectivity index (χ0v) is 19.4. The van der Waals surface area contributed by atoms with Gasteiger partial charge >= 0.3 is 0 Å². The molecule has 1 N–H and O–H groups in total. The van der Waals surface area contributed by atoms with Gasteiger partial charge in [-0.2, -0.15) is 0 Å². The van der Waals surface area contributed by atoms with E-state index in [9.17, 15) is 13.2 Å². The van der Waals surface area contributed by atoms with Gasteiger partial charge in [-0.15, -0.1) is 0 Å². The zero-order chi connectivity index (χ0) is 21.7. The Bertz CT molecular complexity index is 977. The monoisotopic (exact) mass is 495 g/mol. The number of morpholine rings is 1. The van der Waals surface area contributed by atoms with Crippen molar-refractivity contribution in [3.8, 4) is 0 Å². The van der Waals surface area contributed by atoms with E-state index < -0.39 is 10.0 Å². The molecule has 0 spiro atoms. The van der Waals surface area contributed by atoms with Crippen molar-refractivity contribution in [2.45, 2.75) is 10.9 Å². The number of benzene rings is 2. The first-order chi connectivity index (χ1) is 14.3. The van der Waals surface area contributed by atoms with E-state index in [1.807, 2.05) is 30.3 Å². The standard InChI is InChI=1S/C21H26BrN3O4S/c1-24(2)30(27,28)20-14-17(8-9-18(20)22)21(26)23-19(16-6-4-3-5-7-16)15-25-10-12-29-13-11-25/h3-9,14,19H,10-13,15H2,1-2H3,(H,23,26). The lowest BCUT2D eigenvalue weighted by Crippen LogP contribution is -2.43. The fraction of sp³-hybridized carbons (Fsp3) is 0.381. The molecule has 7 nitrogen and oxygen atoms in total. The smallest absolute Gasteiger partial charge is 0.251 e. The number of halogens is 1. The summed E-state index contributed by atoms with van der Waals surface area (Å²) in [5.74, 6) is -0.320. The third kappa shape index (κ3) is 5.47. The summed E-state index contributed by atoms with van der Waals surface area (Å²) in [5, 5.41) is 3.08. The zero-order valence-electron chi connectivity index (χ0n) is 17.0. The van der Waals surface area contributed by atoms with Crippen LogP contribution in [0.25, 0.3) is 0 Å². The minimum absolute atomic E-state index is 0.0598. The average molecular weight is 496 g/mol. The number of sulfonamides is 1. The Hall–Kier alpha value is -1.78. The van der Waals surface area contributed by atoms with Crippen molar-refractivity contribution < 1.29 is 17.9 Å². The minimum atomic E-state index is -3.68. The highest BCUT2D eigenvalue weighted by molar-refractivity contribution is 9.10. The maximum absolute atomic E-state index is 13.1. The molecular weight excluding hydrogens is 470 g/mol. The largest absolute Gasteiger partial charge is 0.379 e. The molecule has 0 saturated carbocycles. The van der Waals surface area contributed by atoms with E-state index in [1.165, 1.54) is 20.2 Å². The van der Waals surface area contributed by atoms with Gasteiger partial charge in [-0.25, -0.2) is 12.7 Å². The van der Waals surface area contributed by atoms with Crippen molar-refractivity contribution in [3.05, 3.63) is 64.1 Å². The van der Waals surface area contributed by atoms with Gasteiger partial charge in [-0.3, -0.25) is 9.69 Å². The van der Waals surface area contributed by atoms with Gasteiger partial charge in [0.25, 0.3) is 5.91 Å². The second-order valence-corrected chi connectivity index (χ2v) is 10.3. The molecule has 9 heteroatoms. The van der Waals surface area contributed by atoms with Gasteiger partial charge in [0.1, 0.15) is 0 Å². The Morgan fingerprint density at radius 2 is 1.83 bits per heavy atom. The lowest BCUT2D eigenvalue weighted by Gasteiger charge is -2.31. The van der Waals surface area contributed by atoms with Gasteiger partial charge in [0.2, 0.25) is 10.0 Å². The molecule has 30 heavy (non-hydrogen) atoms. The molecule has 0 radical (unpaired) electrons. The van der Waals surface area contributed by atoms with Crippen molar-refractivity contribution in [2.24, 2.45) is 0 Å². The van der Waals surface area contributed by atoms with Crippen molar-refractivity contribution >= 4 is 31.9 Å². The molecule has 1 unspecified atom stereocenters. The summed E-state index contributed by atoms with van der Waals surface area (Å²) in [6.45, 7) is 3.62. The van der Waals surface area contributed by atoms with Crippen LogP contribution >= 0.6 is 15.9 Å². The molecule has 1 atom stereocenters. The maximum Gasteiger partial charge on any atom is 0.251 e. The lowest BCUT2D eigenvalue weighted by molar-refractivity contribution is 0.0332. The van der Waals surface area contributed by atoms with E-state index in [0.717, 1.165) is 23.0 Å². The first-order valence-electron chi connectivity index (χ1n) is 9.67. The number of nitrogens with zero attached hydrogens (tertiary/aromatic N) is 2. The predicted molar refractivity (Wildman–Crippen MR) is 119 cm³/mol. The number of carbonyl (C=O) groups is 1. The number of amides is 1. The summed E-state index contributed by atoms with van der Waals surface area (Å²) in [7, 11) is -0.761. The fourth-order valence-corrected chi connectivity index (χ4v) is 5.09. The summed E-state index contributed by atoms with van der Waals surface area (Å²) in [5.41, 5.74) is 1.29. The topological polar surface area (TPSA) is 79.0 Å². The number of nitrogens with one attached hydrogen (secondary N) is 1. The molecule has 1 amide bonds. The van der Waals surface area contributed by atoms with Crippen molar-refractivity contribution in [1.29, 1.82) is 0 Å². The van der Waals surface area contributed by atoms with E-state index >= 15 is 0 Å². The van der Waals surface area contributed by atoms with E-state index in [-0.39, 0.29) is 16.8 Å². The van der Waals surface area contributed by atoms with Crippen LogP contribution in [0.4, 0.5) is 0 Å². The average Bonchev–Trinajstić information content (AvgIpc) is 2.74. The molecule has 2 aromatic carbocycles. The van der Waals surface area contributed by atoms with Gasteiger partial charge in [0.05, 0.1) is 24.2 Å². The second kappa shape index (κ2) is 10.0. The number of hydrogen-bond acceptors (Lipinski definition) is 5. The molecule has 3 rings (SSSR count). The van der Waals surface area contributed by atoms with Crippen LogP contribution in [-0.2, 0) is 14.8 Å².